The van der Waals surface area contributed by atoms with Gasteiger partial charge in [-0.3, -0.25) is 0 Å². The number of nitrogens with zero attached hydrogens (tertiary/aromatic N) is 1. The van der Waals surface area contributed by atoms with Crippen molar-refractivity contribution in [1.29, 1.82) is 0 Å². The van der Waals surface area contributed by atoms with Crippen LogP contribution in [0.15, 0.2) is 309 Å². The molecule has 0 aliphatic rings. The van der Waals surface area contributed by atoms with Crippen molar-refractivity contribution in [2.45, 2.75) is 0 Å². The smallest absolute Gasteiger partial charge is 0.0462 e. The standard InChI is InChI=1S/C90H57N/c1-7-19-70(20-8-1)31-40-79-61-80(41-32-71-21-9-2-10-22-71)65-85(64-79)46-37-76-49-55-88(56-50-76)91(89-57-51-77(52-58-89)38-47-86-66-81(42-33-72-23-11-3-12-24-72)62-82(67-86)43-34-73-25-13-4-14-26-73)90-59-53-78(54-60-90)39-48-87-68-83(44-35-74-27-15-5-16-28-74)63-84(69-87)45-36-75-29-17-6-18-30-75/h1-30,37-39,46-69H. The second-order valence-corrected chi connectivity index (χ2v) is 21.3. The Hall–Kier alpha value is -13.0. The molecule has 0 heterocycles. The van der Waals surface area contributed by atoms with Gasteiger partial charge < -0.3 is 4.90 Å². The molecule has 0 N–H and O–H groups in total. The Morgan fingerprint density at radius 1 is 0.154 bits per heavy atom. The van der Waals surface area contributed by atoms with E-state index >= 15 is 0 Å². The summed E-state index contributed by atoms with van der Waals surface area (Å²) in [6, 6.07) is 105. The molecule has 0 radical (unpaired) electrons. The Balaban J connectivity index is 0.850. The Morgan fingerprint density at radius 2 is 0.319 bits per heavy atom. The Bertz CT molecular complexity index is 4250. The van der Waals surface area contributed by atoms with Gasteiger partial charge >= 0.3 is 0 Å². The minimum atomic E-state index is 0.895. The molecule has 12 aromatic carbocycles. The first-order valence-electron chi connectivity index (χ1n) is 30.0. The highest BCUT2D eigenvalue weighted by atomic mass is 15.1. The van der Waals surface area contributed by atoms with E-state index in [-0.39, 0.29) is 0 Å². The predicted octanol–water partition coefficient (Wildman–Crippen LogP) is 20.1. The molecule has 0 unspecified atom stereocenters. The van der Waals surface area contributed by atoms with Gasteiger partial charge in [-0.15, -0.1) is 0 Å². The van der Waals surface area contributed by atoms with Crippen molar-refractivity contribution < 1.29 is 0 Å². The van der Waals surface area contributed by atoms with Crippen molar-refractivity contribution in [1.82, 2.24) is 0 Å². The fraction of sp³-hybridized carbons (Fsp3) is 0. The molecule has 0 amide bonds. The van der Waals surface area contributed by atoms with E-state index in [2.05, 4.69) is 240 Å². The normalized spacial score (nSPS) is 10.4. The van der Waals surface area contributed by atoms with Gasteiger partial charge in [-0.1, -0.05) is 253 Å². The zero-order valence-electron chi connectivity index (χ0n) is 49.9. The molecule has 0 bridgehead atoms. The van der Waals surface area contributed by atoms with Crippen molar-refractivity contribution in [2.24, 2.45) is 0 Å². The van der Waals surface area contributed by atoms with Crippen LogP contribution < -0.4 is 4.90 Å². The molecule has 0 fully saturated rings. The third-order valence-corrected chi connectivity index (χ3v) is 14.5. The van der Waals surface area contributed by atoms with Crippen molar-refractivity contribution in [3.63, 3.8) is 0 Å². The molecule has 0 aliphatic heterocycles. The van der Waals surface area contributed by atoms with E-state index in [1.54, 1.807) is 0 Å². The minimum Gasteiger partial charge on any atom is -0.311 e. The van der Waals surface area contributed by atoms with Gasteiger partial charge in [0.05, 0.1) is 0 Å². The maximum atomic E-state index is 3.39. The largest absolute Gasteiger partial charge is 0.311 e. The summed E-state index contributed by atoms with van der Waals surface area (Å²) >= 11 is 0. The molecule has 0 saturated carbocycles. The predicted molar refractivity (Wildman–Crippen MR) is 382 cm³/mol. The van der Waals surface area contributed by atoms with Gasteiger partial charge in [-0.25, -0.2) is 0 Å². The lowest BCUT2D eigenvalue weighted by Gasteiger charge is -2.26. The summed E-state index contributed by atoms with van der Waals surface area (Å²) in [6.07, 6.45) is 12.8. The highest BCUT2D eigenvalue weighted by molar-refractivity contribution is 5.81. The summed E-state index contributed by atoms with van der Waals surface area (Å²) in [5, 5.41) is 0. The summed E-state index contributed by atoms with van der Waals surface area (Å²) in [7, 11) is 0. The van der Waals surface area contributed by atoms with E-state index in [0.717, 1.165) is 117 Å². The van der Waals surface area contributed by atoms with Crippen LogP contribution >= 0.6 is 0 Å². The topological polar surface area (TPSA) is 3.24 Å². The molecular weight excluding hydrogens is 1090 g/mol. The third-order valence-electron chi connectivity index (χ3n) is 14.5. The summed E-state index contributed by atoms with van der Waals surface area (Å²) < 4.78 is 0. The molecule has 0 aromatic heterocycles. The van der Waals surface area contributed by atoms with E-state index in [4.69, 9.17) is 0 Å². The van der Waals surface area contributed by atoms with Crippen molar-refractivity contribution in [3.05, 3.63) is 410 Å². The average Bonchev–Trinajstić information content (AvgIpc) is 3.60. The van der Waals surface area contributed by atoms with Crippen LogP contribution in [0.2, 0.25) is 0 Å². The molecule has 0 spiro atoms. The van der Waals surface area contributed by atoms with Gasteiger partial charge in [-0.05, 0) is 197 Å². The lowest BCUT2D eigenvalue weighted by molar-refractivity contribution is 1.28. The zero-order valence-corrected chi connectivity index (χ0v) is 49.9. The molecule has 422 valence electrons. The van der Waals surface area contributed by atoms with E-state index in [9.17, 15) is 0 Å². The number of hydrogen-bond donors (Lipinski definition) is 0. The second kappa shape index (κ2) is 29.9. The van der Waals surface area contributed by atoms with E-state index in [1.165, 1.54) is 0 Å². The molecular formula is C90H57N. The van der Waals surface area contributed by atoms with Crippen molar-refractivity contribution in [3.8, 4) is 71.0 Å². The van der Waals surface area contributed by atoms with Crippen LogP contribution in [0.25, 0.3) is 36.5 Å². The first-order chi connectivity index (χ1) is 45.0. The van der Waals surface area contributed by atoms with Crippen LogP contribution in [0.5, 0.6) is 0 Å². The Morgan fingerprint density at radius 3 is 0.505 bits per heavy atom. The maximum absolute atomic E-state index is 3.39. The highest BCUT2D eigenvalue weighted by Gasteiger charge is 2.13. The minimum absolute atomic E-state index is 0.895. The van der Waals surface area contributed by atoms with Crippen LogP contribution in [0.3, 0.4) is 0 Å². The molecule has 1 heteroatoms. The van der Waals surface area contributed by atoms with Crippen LogP contribution in [-0.4, -0.2) is 0 Å². The average molecular weight is 1150 g/mol. The summed E-state index contributed by atoms with van der Waals surface area (Å²) in [5.41, 5.74) is 20.3. The van der Waals surface area contributed by atoms with Gasteiger partial charge in [-0.2, -0.15) is 0 Å². The second-order valence-electron chi connectivity index (χ2n) is 21.3. The lowest BCUT2D eigenvalue weighted by atomic mass is 10.0. The molecule has 0 saturated heterocycles. The van der Waals surface area contributed by atoms with Gasteiger partial charge in [0.1, 0.15) is 0 Å². The highest BCUT2D eigenvalue weighted by Crippen LogP contribution is 2.36. The molecule has 12 aromatic rings. The molecule has 1 nitrogen and oxygen atoms in total. The van der Waals surface area contributed by atoms with Crippen LogP contribution in [0, 0.1) is 71.0 Å². The fourth-order valence-electron chi connectivity index (χ4n) is 9.90. The molecule has 12 rings (SSSR count). The SMILES string of the molecule is C(#Cc1cc(C#Cc2ccccc2)cc(C=Cc2ccc(N(c3ccc(C=Cc4cc(C#Cc5ccccc5)cc(C#Cc5ccccc5)c4)cc3)c3ccc(C=Cc4cc(C#Cc5ccccc5)cc(C#Cc5ccccc5)c4)cc3)cc2)c1)c1ccccc1. The zero-order chi connectivity index (χ0) is 61.5. The monoisotopic (exact) mass is 1150 g/mol. The van der Waals surface area contributed by atoms with Gasteiger partial charge in [0.2, 0.25) is 0 Å². The molecule has 0 atom stereocenters. The van der Waals surface area contributed by atoms with Gasteiger partial charge in [0, 0.05) is 83.8 Å². The van der Waals surface area contributed by atoms with Crippen LogP contribution in [-0.2, 0) is 0 Å². The lowest BCUT2D eigenvalue weighted by Crippen LogP contribution is -2.09. The first-order valence-corrected chi connectivity index (χ1v) is 30.0. The van der Waals surface area contributed by atoms with Crippen LogP contribution in [0.1, 0.15) is 100 Å². The van der Waals surface area contributed by atoms with E-state index in [1.807, 2.05) is 182 Å². The van der Waals surface area contributed by atoms with Crippen LogP contribution in [0.4, 0.5) is 17.1 Å². The summed E-state index contributed by atoms with van der Waals surface area (Å²) in [4.78, 5) is 2.29. The van der Waals surface area contributed by atoms with E-state index in [0.29, 0.717) is 0 Å². The number of anilines is 3. The van der Waals surface area contributed by atoms with Crippen molar-refractivity contribution >= 4 is 53.5 Å². The summed E-state index contributed by atoms with van der Waals surface area (Å²) in [6.45, 7) is 0. The number of hydrogen-bond acceptors (Lipinski definition) is 1. The Labute approximate surface area is 535 Å². The third kappa shape index (κ3) is 17.4. The Kier molecular flexibility index (Phi) is 19.2. The summed E-state index contributed by atoms with van der Waals surface area (Å²) in [5.74, 6) is 40.3. The van der Waals surface area contributed by atoms with E-state index < -0.39 is 0 Å². The van der Waals surface area contributed by atoms with Crippen molar-refractivity contribution in [2.75, 3.05) is 4.90 Å². The molecule has 0 aliphatic carbocycles. The van der Waals surface area contributed by atoms with Gasteiger partial charge in [0.15, 0.2) is 0 Å². The quantitative estimate of drug-likeness (QED) is 0.103. The number of benzene rings is 12. The number of rotatable bonds is 9. The first kappa shape index (κ1) is 58.4. The molecule has 91 heavy (non-hydrogen) atoms. The fourth-order valence-corrected chi connectivity index (χ4v) is 9.90. The maximum Gasteiger partial charge on any atom is 0.0462 e. The van der Waals surface area contributed by atoms with Gasteiger partial charge in [0.25, 0.3) is 0 Å².